The molecule has 26 heavy (non-hydrogen) atoms. The molecule has 2 aliphatic rings. The number of rotatable bonds is 6. The van der Waals surface area contributed by atoms with Crippen LogP contribution in [0.3, 0.4) is 0 Å². The van der Waals surface area contributed by atoms with Crippen LogP contribution in [0.1, 0.15) is 18.4 Å². The Kier molecular flexibility index (Phi) is 5.21. The average Bonchev–Trinajstić information content (AvgIpc) is 2.82. The van der Waals surface area contributed by atoms with E-state index in [2.05, 4.69) is 12.1 Å². The van der Waals surface area contributed by atoms with Gasteiger partial charge in [-0.3, -0.25) is 9.59 Å². The lowest BCUT2D eigenvalue weighted by Gasteiger charge is -2.23. The Bertz CT molecular complexity index is 827. The van der Waals surface area contributed by atoms with Gasteiger partial charge in [0.2, 0.25) is 0 Å². The molecule has 0 N–H and O–H groups in total. The molecule has 1 atom stereocenters. The quantitative estimate of drug-likeness (QED) is 0.580. The molecule has 0 aromatic heterocycles. The van der Waals surface area contributed by atoms with Gasteiger partial charge in [0.05, 0.1) is 14.2 Å². The van der Waals surface area contributed by atoms with Gasteiger partial charge < -0.3 is 9.47 Å². The molecule has 0 saturated carbocycles. The lowest BCUT2D eigenvalue weighted by atomic mass is 9.79. The van der Waals surface area contributed by atoms with Crippen molar-refractivity contribution in [1.29, 1.82) is 0 Å². The molecule has 1 aromatic carbocycles. The van der Waals surface area contributed by atoms with Crippen LogP contribution < -0.4 is 0 Å². The molecule has 0 amide bonds. The molecule has 4 nitrogen and oxygen atoms in total. The molecule has 0 heterocycles. The van der Waals surface area contributed by atoms with Gasteiger partial charge in [-0.1, -0.05) is 60.7 Å². The van der Waals surface area contributed by atoms with Gasteiger partial charge in [-0.25, -0.2) is 0 Å². The van der Waals surface area contributed by atoms with Gasteiger partial charge in [-0.15, -0.1) is 0 Å². The topological polar surface area (TPSA) is 52.6 Å². The van der Waals surface area contributed by atoms with Gasteiger partial charge in [-0.2, -0.15) is 0 Å². The first-order valence-electron chi connectivity index (χ1n) is 8.66. The van der Waals surface area contributed by atoms with Crippen LogP contribution in [0.4, 0.5) is 0 Å². The van der Waals surface area contributed by atoms with Crippen molar-refractivity contribution in [1.82, 2.24) is 0 Å². The van der Waals surface area contributed by atoms with Crippen molar-refractivity contribution in [3.8, 4) is 0 Å². The Labute approximate surface area is 153 Å². The molecule has 134 valence electrons. The number of esters is 1. The largest absolute Gasteiger partial charge is 0.496 e. The number of ketones is 1. The first kappa shape index (κ1) is 17.9. The van der Waals surface area contributed by atoms with Crippen molar-refractivity contribution in [2.24, 2.45) is 5.41 Å². The van der Waals surface area contributed by atoms with Crippen molar-refractivity contribution in [3.05, 3.63) is 83.2 Å². The molecule has 1 aromatic rings. The van der Waals surface area contributed by atoms with Crippen LogP contribution in [0.15, 0.2) is 77.6 Å². The summed E-state index contributed by atoms with van der Waals surface area (Å²) < 4.78 is 10.5. The minimum absolute atomic E-state index is 0.250. The van der Waals surface area contributed by atoms with Gasteiger partial charge in [0.25, 0.3) is 0 Å². The van der Waals surface area contributed by atoms with Crippen LogP contribution in [0.2, 0.25) is 0 Å². The Balaban J connectivity index is 1.91. The third kappa shape index (κ3) is 2.92. The average molecular weight is 350 g/mol. The number of allylic oxidation sites excluding steroid dienone is 6. The van der Waals surface area contributed by atoms with E-state index in [0.717, 1.165) is 12.8 Å². The molecular formula is C22H22O4. The highest BCUT2D eigenvalue weighted by molar-refractivity contribution is 6.20. The van der Waals surface area contributed by atoms with Crippen molar-refractivity contribution in [3.63, 3.8) is 0 Å². The molecule has 0 spiro atoms. The molecule has 0 radical (unpaired) electrons. The molecule has 0 saturated heterocycles. The second-order valence-electron chi connectivity index (χ2n) is 6.30. The number of carbonyl (C=O) groups is 2. The van der Waals surface area contributed by atoms with E-state index in [1.165, 1.54) is 19.8 Å². The number of aryl methyl sites for hydroxylation is 1. The van der Waals surface area contributed by atoms with Crippen molar-refractivity contribution in [2.45, 2.75) is 19.3 Å². The van der Waals surface area contributed by atoms with E-state index in [1.54, 1.807) is 30.4 Å². The summed E-state index contributed by atoms with van der Waals surface area (Å²) in [5.74, 6) is -0.341. The standard InChI is InChI=1S/C22H22O4/c1-25-19-17(13-9-12-16-10-5-3-6-11-16)20(23)22(21(24)26-2)15-8-4-7-14-18(19)22/h3-8,10-11,14-15H,9,12-13H2,1-2H3. The number of benzene rings is 1. The van der Waals surface area contributed by atoms with Crippen LogP contribution in [0, 0.1) is 5.41 Å². The van der Waals surface area contributed by atoms with E-state index in [4.69, 9.17) is 9.47 Å². The lowest BCUT2D eigenvalue weighted by molar-refractivity contribution is -0.150. The predicted molar refractivity (Wildman–Crippen MR) is 99.2 cm³/mol. The zero-order valence-corrected chi connectivity index (χ0v) is 15.0. The van der Waals surface area contributed by atoms with E-state index in [-0.39, 0.29) is 5.78 Å². The number of Topliss-reactive ketones (excluding diaryl/α,β-unsaturated/α-hetero) is 1. The first-order chi connectivity index (χ1) is 12.6. The monoisotopic (exact) mass is 350 g/mol. The first-order valence-corrected chi connectivity index (χ1v) is 8.66. The summed E-state index contributed by atoms with van der Waals surface area (Å²) in [5, 5.41) is 0. The van der Waals surface area contributed by atoms with E-state index in [9.17, 15) is 9.59 Å². The van der Waals surface area contributed by atoms with Crippen LogP contribution in [0.5, 0.6) is 0 Å². The molecule has 2 aliphatic carbocycles. The molecule has 0 bridgehead atoms. The van der Waals surface area contributed by atoms with Crippen LogP contribution in [-0.4, -0.2) is 26.0 Å². The van der Waals surface area contributed by atoms with Crippen LogP contribution >= 0.6 is 0 Å². The molecule has 3 rings (SSSR count). The van der Waals surface area contributed by atoms with Gasteiger partial charge >= 0.3 is 5.97 Å². The normalized spacial score (nSPS) is 21.3. The zero-order chi connectivity index (χ0) is 18.6. The third-order valence-electron chi connectivity index (χ3n) is 4.85. The predicted octanol–water partition coefficient (Wildman–Crippen LogP) is 3.70. The summed E-state index contributed by atoms with van der Waals surface area (Å²) in [7, 11) is 2.83. The maximum absolute atomic E-state index is 13.3. The highest BCUT2D eigenvalue weighted by atomic mass is 16.5. The lowest BCUT2D eigenvalue weighted by Crippen LogP contribution is -2.37. The summed E-state index contributed by atoms with van der Waals surface area (Å²) in [6, 6.07) is 10.1. The van der Waals surface area contributed by atoms with Gasteiger partial charge in [0.15, 0.2) is 11.2 Å². The fraction of sp³-hybridized carbons (Fsp3) is 0.273. The maximum atomic E-state index is 13.3. The molecule has 4 heteroatoms. The van der Waals surface area contributed by atoms with Crippen molar-refractivity contribution in [2.75, 3.05) is 14.2 Å². The van der Waals surface area contributed by atoms with E-state index in [1.807, 2.05) is 18.2 Å². The fourth-order valence-electron chi connectivity index (χ4n) is 3.60. The van der Waals surface area contributed by atoms with E-state index < -0.39 is 11.4 Å². The number of hydrogen-bond donors (Lipinski definition) is 0. The number of ether oxygens (including phenoxy) is 2. The van der Waals surface area contributed by atoms with Crippen molar-refractivity contribution >= 4 is 11.8 Å². The number of fused-ring (bicyclic) bond motifs is 1. The minimum Gasteiger partial charge on any atom is -0.496 e. The van der Waals surface area contributed by atoms with Crippen LogP contribution in [-0.2, 0) is 25.5 Å². The van der Waals surface area contributed by atoms with Crippen LogP contribution in [0.25, 0.3) is 0 Å². The highest BCUT2D eigenvalue weighted by Crippen LogP contribution is 2.48. The summed E-state index contributed by atoms with van der Waals surface area (Å²) in [6.45, 7) is 0. The Morgan fingerprint density at radius 2 is 1.81 bits per heavy atom. The minimum atomic E-state index is -1.44. The molecule has 0 fully saturated rings. The summed E-state index contributed by atoms with van der Waals surface area (Å²) in [5.41, 5.74) is 0.888. The maximum Gasteiger partial charge on any atom is 0.328 e. The van der Waals surface area contributed by atoms with Gasteiger partial charge in [0.1, 0.15) is 5.76 Å². The summed E-state index contributed by atoms with van der Waals surface area (Å²) in [6.07, 6.45) is 10.9. The summed E-state index contributed by atoms with van der Waals surface area (Å²) >= 11 is 0. The van der Waals surface area contributed by atoms with Gasteiger partial charge in [-0.05, 0) is 24.8 Å². The third-order valence-corrected chi connectivity index (χ3v) is 4.85. The molecule has 0 aliphatic heterocycles. The highest BCUT2D eigenvalue weighted by Gasteiger charge is 2.56. The summed E-state index contributed by atoms with van der Waals surface area (Å²) in [4.78, 5) is 25.9. The Hall–Kier alpha value is -2.88. The number of methoxy groups -OCH3 is 2. The smallest absolute Gasteiger partial charge is 0.328 e. The SMILES string of the molecule is COC(=O)C12C=CC=CC=C1C(OC)=C(CCCc1ccccc1)C2=O. The van der Waals surface area contributed by atoms with Crippen molar-refractivity contribution < 1.29 is 19.1 Å². The van der Waals surface area contributed by atoms with E-state index >= 15 is 0 Å². The number of hydrogen-bond acceptors (Lipinski definition) is 4. The molecule has 1 unspecified atom stereocenters. The zero-order valence-electron chi connectivity index (χ0n) is 15.0. The molecular weight excluding hydrogens is 328 g/mol. The fourth-order valence-corrected chi connectivity index (χ4v) is 3.60. The van der Waals surface area contributed by atoms with Gasteiger partial charge in [0, 0.05) is 11.1 Å². The number of carbonyl (C=O) groups excluding carboxylic acids is 2. The second-order valence-corrected chi connectivity index (χ2v) is 6.30. The second kappa shape index (κ2) is 7.56. The Morgan fingerprint density at radius 1 is 1.04 bits per heavy atom. The Morgan fingerprint density at radius 3 is 2.50 bits per heavy atom. The van der Waals surface area contributed by atoms with E-state index in [0.29, 0.717) is 23.3 Å².